The lowest BCUT2D eigenvalue weighted by Crippen LogP contribution is -2.32. The monoisotopic (exact) mass is 557 g/mol. The minimum absolute atomic E-state index is 0. The number of benzene rings is 2. The molecule has 0 radical (unpaired) electrons. The van der Waals surface area contributed by atoms with Gasteiger partial charge in [-0.2, -0.15) is 0 Å². The van der Waals surface area contributed by atoms with Gasteiger partial charge in [-0.15, -0.1) is 12.4 Å². The fraction of sp³-hybridized carbons (Fsp3) is 0.269. The molecule has 0 unspecified atom stereocenters. The molecule has 202 valence electrons. The molecule has 12 heteroatoms. The molecular formula is C26H32ClN7O3S. The molecule has 0 bridgehead atoms. The number of nitrogens with two attached hydrogens (primary N) is 2. The zero-order valence-corrected chi connectivity index (χ0v) is 22.9. The Morgan fingerprint density at radius 3 is 2.32 bits per heavy atom. The van der Waals surface area contributed by atoms with Gasteiger partial charge in [-0.05, 0) is 36.1 Å². The maximum absolute atomic E-state index is 12.9. The summed E-state index contributed by atoms with van der Waals surface area (Å²) in [4.78, 5) is 47.5. The number of aromatic nitrogens is 1. The molecule has 6 N–H and O–H groups in total. The summed E-state index contributed by atoms with van der Waals surface area (Å²) in [6, 6.07) is 17.1. The molecule has 0 fully saturated rings. The molecule has 1 heterocycles. The highest BCUT2D eigenvalue weighted by atomic mass is 35.5. The van der Waals surface area contributed by atoms with Crippen molar-refractivity contribution in [2.24, 2.45) is 16.5 Å². The van der Waals surface area contributed by atoms with Gasteiger partial charge < -0.3 is 27.0 Å². The highest BCUT2D eigenvalue weighted by Crippen LogP contribution is 2.25. The predicted octanol–water partition coefficient (Wildman–Crippen LogP) is 2.99. The number of anilines is 1. The van der Waals surface area contributed by atoms with E-state index >= 15 is 0 Å². The Kier molecular flexibility index (Phi) is 11.7. The molecule has 3 rings (SSSR count). The Labute approximate surface area is 231 Å². The van der Waals surface area contributed by atoms with E-state index in [-0.39, 0.29) is 49.1 Å². The normalized spacial score (nSPS) is 10.2. The van der Waals surface area contributed by atoms with Gasteiger partial charge in [-0.1, -0.05) is 53.8 Å². The topological polar surface area (TPSA) is 156 Å². The van der Waals surface area contributed by atoms with Gasteiger partial charge in [-0.3, -0.25) is 14.4 Å². The van der Waals surface area contributed by atoms with E-state index in [1.165, 1.54) is 6.92 Å². The van der Waals surface area contributed by atoms with Crippen molar-refractivity contribution < 1.29 is 14.4 Å². The number of halogens is 1. The average Bonchev–Trinajstić information content (AvgIpc) is 3.25. The van der Waals surface area contributed by atoms with Crippen LogP contribution >= 0.6 is 23.7 Å². The first kappa shape index (κ1) is 30.3. The van der Waals surface area contributed by atoms with Crippen LogP contribution in [0, 0.1) is 0 Å². The Hall–Kier alpha value is -3.96. The van der Waals surface area contributed by atoms with E-state index in [2.05, 4.69) is 20.6 Å². The zero-order valence-electron chi connectivity index (χ0n) is 21.3. The summed E-state index contributed by atoms with van der Waals surface area (Å²) in [6.07, 6.45) is 1.28. The summed E-state index contributed by atoms with van der Waals surface area (Å²) < 4.78 is 0. The zero-order chi connectivity index (χ0) is 26.8. The number of hydrogen-bond donors (Lipinski definition) is 4. The number of carbonyl (C=O) groups is 3. The summed E-state index contributed by atoms with van der Waals surface area (Å²) >= 11 is 1.11. The number of hydrogen-bond acceptors (Lipinski definition) is 6. The third-order valence-electron chi connectivity index (χ3n) is 5.34. The summed E-state index contributed by atoms with van der Waals surface area (Å²) in [5, 5.41) is 5.81. The Bertz CT molecular complexity index is 1260. The molecular weight excluding hydrogens is 526 g/mol. The van der Waals surface area contributed by atoms with Gasteiger partial charge in [-0.25, -0.2) is 9.98 Å². The summed E-state index contributed by atoms with van der Waals surface area (Å²) in [5.74, 6) is -0.682. The largest absolute Gasteiger partial charge is 0.370 e. The molecule has 0 spiro atoms. The van der Waals surface area contributed by atoms with Crippen LogP contribution in [-0.4, -0.2) is 47.2 Å². The van der Waals surface area contributed by atoms with Crippen molar-refractivity contribution >= 4 is 58.2 Å². The van der Waals surface area contributed by atoms with Gasteiger partial charge in [0, 0.05) is 33.5 Å². The van der Waals surface area contributed by atoms with Crippen LogP contribution in [-0.2, 0) is 29.0 Å². The Morgan fingerprint density at radius 1 is 1.00 bits per heavy atom. The van der Waals surface area contributed by atoms with E-state index in [4.69, 9.17) is 11.5 Å². The first-order valence-corrected chi connectivity index (χ1v) is 12.5. The molecule has 0 saturated heterocycles. The van der Waals surface area contributed by atoms with E-state index in [0.29, 0.717) is 40.8 Å². The first-order chi connectivity index (χ1) is 17.7. The number of thiazole rings is 1. The minimum Gasteiger partial charge on any atom is -0.370 e. The smallest absolute Gasteiger partial charge is 0.263 e. The molecule has 2 aromatic carbocycles. The number of carbonyl (C=O) groups excluding carboxylic acids is 3. The van der Waals surface area contributed by atoms with Crippen LogP contribution in [0.25, 0.3) is 0 Å². The molecule has 0 aliphatic heterocycles. The van der Waals surface area contributed by atoms with Gasteiger partial charge in [0.25, 0.3) is 5.91 Å². The van der Waals surface area contributed by atoms with E-state index in [0.717, 1.165) is 22.5 Å². The highest BCUT2D eigenvalue weighted by molar-refractivity contribution is 7.17. The molecule has 0 atom stereocenters. The molecule has 0 aliphatic carbocycles. The second-order valence-corrected chi connectivity index (χ2v) is 9.42. The van der Waals surface area contributed by atoms with E-state index in [1.807, 2.05) is 42.5 Å². The van der Waals surface area contributed by atoms with Crippen LogP contribution in [0.4, 0.5) is 10.8 Å². The van der Waals surface area contributed by atoms with E-state index < -0.39 is 0 Å². The Balaban J connectivity index is 0.00000507. The summed E-state index contributed by atoms with van der Waals surface area (Å²) in [5.41, 5.74) is 14.1. The van der Waals surface area contributed by atoms with E-state index in [1.54, 1.807) is 24.1 Å². The van der Waals surface area contributed by atoms with Gasteiger partial charge in [0.15, 0.2) is 11.1 Å². The number of nitrogens with one attached hydrogen (secondary N) is 2. The van der Waals surface area contributed by atoms with Crippen LogP contribution in [0.1, 0.15) is 39.8 Å². The van der Waals surface area contributed by atoms with Crippen molar-refractivity contribution in [1.82, 2.24) is 15.2 Å². The molecule has 10 nitrogen and oxygen atoms in total. The highest BCUT2D eigenvalue weighted by Gasteiger charge is 2.19. The maximum Gasteiger partial charge on any atom is 0.263 e. The average molecular weight is 558 g/mol. The lowest BCUT2D eigenvalue weighted by atomic mass is 10.1. The minimum atomic E-state index is -0.328. The number of amides is 3. The van der Waals surface area contributed by atoms with Crippen molar-refractivity contribution in [2.75, 3.05) is 18.9 Å². The lowest BCUT2D eigenvalue weighted by molar-refractivity contribution is -0.130. The standard InChI is InChI=1S/C26H31N7O3S.ClH/c1-17(34)30-26-32-21(13-10-18-8-11-20(12-9-18)31-25(27)28)23(37-26)24(36)29-15-14-22(35)33(2)16-19-6-4-3-5-7-19;/h3-9,11-12H,10,13-16H2,1-2H3,(H,29,36)(H4,27,28,31)(H,30,32,34);1H. The molecule has 1 aromatic heterocycles. The second kappa shape index (κ2) is 14.7. The van der Waals surface area contributed by atoms with Crippen molar-refractivity contribution in [1.29, 1.82) is 0 Å². The molecule has 38 heavy (non-hydrogen) atoms. The van der Waals surface area contributed by atoms with Crippen LogP contribution in [0.3, 0.4) is 0 Å². The molecule has 3 amide bonds. The van der Waals surface area contributed by atoms with Gasteiger partial charge in [0.05, 0.1) is 11.4 Å². The lowest BCUT2D eigenvalue weighted by Gasteiger charge is -2.17. The van der Waals surface area contributed by atoms with Gasteiger partial charge >= 0.3 is 0 Å². The first-order valence-electron chi connectivity index (χ1n) is 11.7. The predicted molar refractivity (Wildman–Crippen MR) is 153 cm³/mol. The number of nitrogens with zero attached hydrogens (tertiary/aromatic N) is 3. The van der Waals surface area contributed by atoms with Crippen LogP contribution < -0.4 is 22.1 Å². The molecule has 0 aliphatic rings. The van der Waals surface area contributed by atoms with Gasteiger partial charge in [0.1, 0.15) is 4.88 Å². The summed E-state index contributed by atoms with van der Waals surface area (Å²) in [7, 11) is 1.74. The van der Waals surface area contributed by atoms with Crippen molar-refractivity contribution in [2.45, 2.75) is 32.7 Å². The Morgan fingerprint density at radius 2 is 1.68 bits per heavy atom. The van der Waals surface area contributed by atoms with Crippen LogP contribution in [0.15, 0.2) is 59.6 Å². The quantitative estimate of drug-likeness (QED) is 0.210. The third-order valence-corrected chi connectivity index (χ3v) is 6.36. The number of aryl methyl sites for hydroxylation is 2. The fourth-order valence-electron chi connectivity index (χ4n) is 3.55. The van der Waals surface area contributed by atoms with Crippen LogP contribution in [0.5, 0.6) is 0 Å². The van der Waals surface area contributed by atoms with Crippen molar-refractivity contribution in [3.63, 3.8) is 0 Å². The van der Waals surface area contributed by atoms with Crippen molar-refractivity contribution in [3.8, 4) is 0 Å². The number of rotatable bonds is 11. The van der Waals surface area contributed by atoms with Crippen molar-refractivity contribution in [3.05, 3.63) is 76.3 Å². The number of aliphatic imine (C=N–C) groups is 1. The SMILES string of the molecule is CC(=O)Nc1nc(CCc2ccc(N=C(N)N)cc2)c(C(=O)NCCC(=O)N(C)Cc2ccccc2)s1.Cl. The molecule has 3 aromatic rings. The summed E-state index contributed by atoms with van der Waals surface area (Å²) in [6.45, 7) is 2.08. The van der Waals surface area contributed by atoms with Gasteiger partial charge in [0.2, 0.25) is 11.8 Å². The van der Waals surface area contributed by atoms with E-state index in [9.17, 15) is 14.4 Å². The fourth-order valence-corrected chi connectivity index (χ4v) is 4.53. The maximum atomic E-state index is 12.9. The second-order valence-electron chi connectivity index (χ2n) is 8.42. The van der Waals surface area contributed by atoms with Crippen LogP contribution in [0.2, 0.25) is 0 Å². The third kappa shape index (κ3) is 9.49. The number of guanidine groups is 1. The molecule has 0 saturated carbocycles.